The molecule has 2 amide bonds. The fourth-order valence-corrected chi connectivity index (χ4v) is 3.17. The molecule has 0 radical (unpaired) electrons. The highest BCUT2D eigenvalue weighted by molar-refractivity contribution is 5.91. The number of carbonyl (C=O) groups excluding carboxylic acids is 1. The number of ether oxygens (including phenoxy) is 1. The van der Waals surface area contributed by atoms with Crippen molar-refractivity contribution in [2.45, 2.75) is 13.5 Å². The molecule has 1 aliphatic heterocycles. The van der Waals surface area contributed by atoms with E-state index < -0.39 is 0 Å². The van der Waals surface area contributed by atoms with Crippen molar-refractivity contribution in [3.63, 3.8) is 0 Å². The normalized spacial score (nSPS) is 14.5. The number of hydrogen-bond donors (Lipinski definition) is 1. The van der Waals surface area contributed by atoms with E-state index in [1.54, 1.807) is 7.11 Å². The van der Waals surface area contributed by atoms with E-state index in [9.17, 15) is 4.79 Å². The quantitative estimate of drug-likeness (QED) is 0.904. The van der Waals surface area contributed by atoms with Crippen LogP contribution in [0.25, 0.3) is 0 Å². The molecule has 2 aromatic carbocycles. The molecule has 1 aliphatic rings. The Labute approximate surface area is 160 Å². The highest BCUT2D eigenvalue weighted by atomic mass is 16.5. The lowest BCUT2D eigenvalue weighted by atomic mass is 10.1. The molecule has 140 valence electrons. The minimum Gasteiger partial charge on any atom is -0.495 e. The van der Waals surface area contributed by atoms with Gasteiger partial charge in [-0.25, -0.2) is 4.79 Å². The smallest absolute Gasteiger partial charge is 0.322 e. The summed E-state index contributed by atoms with van der Waals surface area (Å²) in [4.78, 5) is 16.7. The van der Waals surface area contributed by atoms with E-state index in [1.807, 2.05) is 54.3 Å². The maximum absolute atomic E-state index is 12.6. The number of piperazine rings is 1. The van der Waals surface area contributed by atoms with Gasteiger partial charge in [0.25, 0.3) is 0 Å². The number of rotatable bonds is 4. The molecule has 6 heteroatoms. The van der Waals surface area contributed by atoms with Crippen LogP contribution in [-0.2, 0) is 6.54 Å². The molecule has 6 nitrogen and oxygen atoms in total. The molecule has 1 saturated heterocycles. The maximum Gasteiger partial charge on any atom is 0.322 e. The standard InChI is InChI=1S/C21H24N4O2/c1-16-3-8-20(27-2)19(13-16)23-21(26)25-11-9-24(10-12-25)15-18-6-4-17(14-22)5-7-18/h3-8,13H,9-12,15H2,1-2H3,(H,23,26). The molecule has 2 aromatic rings. The van der Waals surface area contributed by atoms with Crippen LogP contribution < -0.4 is 10.1 Å². The first kappa shape index (κ1) is 18.7. The van der Waals surface area contributed by atoms with Crippen LogP contribution in [0.5, 0.6) is 5.75 Å². The molecule has 1 fully saturated rings. The molecule has 1 heterocycles. The van der Waals surface area contributed by atoms with Crippen molar-refractivity contribution >= 4 is 11.7 Å². The molecule has 1 N–H and O–H groups in total. The molecule has 0 unspecified atom stereocenters. The predicted octanol–water partition coefficient (Wildman–Crippen LogP) is 3.23. The molecule has 0 aromatic heterocycles. The average Bonchev–Trinajstić information content (AvgIpc) is 2.69. The number of nitrogens with one attached hydrogen (secondary N) is 1. The zero-order valence-electron chi connectivity index (χ0n) is 15.7. The van der Waals surface area contributed by atoms with Crippen molar-refractivity contribution in [3.05, 3.63) is 59.2 Å². The predicted molar refractivity (Wildman–Crippen MR) is 105 cm³/mol. The van der Waals surface area contributed by atoms with E-state index in [1.165, 1.54) is 5.56 Å². The van der Waals surface area contributed by atoms with Gasteiger partial charge in [0.15, 0.2) is 0 Å². The minimum absolute atomic E-state index is 0.100. The first-order valence-electron chi connectivity index (χ1n) is 9.01. The van der Waals surface area contributed by atoms with Gasteiger partial charge in [-0.3, -0.25) is 4.90 Å². The lowest BCUT2D eigenvalue weighted by Crippen LogP contribution is -2.49. The fourth-order valence-electron chi connectivity index (χ4n) is 3.17. The molecule has 0 atom stereocenters. The van der Waals surface area contributed by atoms with Crippen molar-refractivity contribution in [1.82, 2.24) is 9.80 Å². The van der Waals surface area contributed by atoms with Crippen LogP contribution in [0.4, 0.5) is 10.5 Å². The maximum atomic E-state index is 12.6. The van der Waals surface area contributed by atoms with Gasteiger partial charge in [-0.2, -0.15) is 5.26 Å². The van der Waals surface area contributed by atoms with Crippen LogP contribution in [0.15, 0.2) is 42.5 Å². The minimum atomic E-state index is -0.100. The number of nitriles is 1. The number of aryl methyl sites for hydroxylation is 1. The Morgan fingerprint density at radius 2 is 1.85 bits per heavy atom. The zero-order valence-corrected chi connectivity index (χ0v) is 15.7. The molecular formula is C21H24N4O2. The second-order valence-corrected chi connectivity index (χ2v) is 6.71. The van der Waals surface area contributed by atoms with Gasteiger partial charge >= 0.3 is 6.03 Å². The molecule has 0 bridgehead atoms. The summed E-state index contributed by atoms with van der Waals surface area (Å²) in [6.45, 7) is 5.80. The molecule has 0 saturated carbocycles. The third kappa shape index (κ3) is 4.78. The van der Waals surface area contributed by atoms with Crippen LogP contribution >= 0.6 is 0 Å². The van der Waals surface area contributed by atoms with E-state index in [0.717, 1.165) is 25.2 Å². The van der Waals surface area contributed by atoms with Crippen molar-refractivity contribution in [3.8, 4) is 11.8 Å². The lowest BCUT2D eigenvalue weighted by molar-refractivity contribution is 0.143. The van der Waals surface area contributed by atoms with Gasteiger partial charge in [0.1, 0.15) is 5.75 Å². The van der Waals surface area contributed by atoms with Crippen molar-refractivity contribution in [2.75, 3.05) is 38.6 Å². The van der Waals surface area contributed by atoms with Crippen LogP contribution in [0.1, 0.15) is 16.7 Å². The van der Waals surface area contributed by atoms with Gasteiger partial charge in [0.05, 0.1) is 24.4 Å². The Balaban J connectivity index is 1.53. The summed E-state index contributed by atoms with van der Waals surface area (Å²) in [5.74, 6) is 0.661. The van der Waals surface area contributed by atoms with E-state index in [-0.39, 0.29) is 6.03 Å². The molecular weight excluding hydrogens is 340 g/mol. The Kier molecular flexibility index (Phi) is 5.94. The summed E-state index contributed by atoms with van der Waals surface area (Å²) in [6, 6.07) is 15.4. The Hall–Kier alpha value is -3.04. The first-order chi connectivity index (χ1) is 13.1. The Bertz CT molecular complexity index is 834. The molecule has 3 rings (SSSR count). The van der Waals surface area contributed by atoms with Crippen molar-refractivity contribution in [1.29, 1.82) is 5.26 Å². The summed E-state index contributed by atoms with van der Waals surface area (Å²) in [6.07, 6.45) is 0. The first-order valence-corrected chi connectivity index (χ1v) is 9.01. The van der Waals surface area contributed by atoms with Crippen molar-refractivity contribution in [2.24, 2.45) is 0 Å². The largest absolute Gasteiger partial charge is 0.495 e. The Morgan fingerprint density at radius 3 is 2.48 bits per heavy atom. The highest BCUT2D eigenvalue weighted by Crippen LogP contribution is 2.25. The third-order valence-corrected chi connectivity index (χ3v) is 4.75. The van der Waals surface area contributed by atoms with E-state index in [4.69, 9.17) is 10.00 Å². The number of urea groups is 1. The second-order valence-electron chi connectivity index (χ2n) is 6.71. The number of methoxy groups -OCH3 is 1. The van der Waals surface area contributed by atoms with Gasteiger partial charge in [0, 0.05) is 32.7 Å². The average molecular weight is 364 g/mol. The van der Waals surface area contributed by atoms with Gasteiger partial charge in [0.2, 0.25) is 0 Å². The van der Waals surface area contributed by atoms with Crippen LogP contribution in [0, 0.1) is 18.3 Å². The van der Waals surface area contributed by atoms with Crippen LogP contribution in [0.2, 0.25) is 0 Å². The number of carbonyl (C=O) groups is 1. The second kappa shape index (κ2) is 8.56. The monoisotopic (exact) mass is 364 g/mol. The van der Waals surface area contributed by atoms with E-state index in [0.29, 0.717) is 30.1 Å². The van der Waals surface area contributed by atoms with Crippen molar-refractivity contribution < 1.29 is 9.53 Å². The van der Waals surface area contributed by atoms with E-state index >= 15 is 0 Å². The number of nitrogens with zero attached hydrogens (tertiary/aromatic N) is 3. The number of hydrogen-bond acceptors (Lipinski definition) is 4. The number of anilines is 1. The van der Waals surface area contributed by atoms with Gasteiger partial charge in [-0.15, -0.1) is 0 Å². The van der Waals surface area contributed by atoms with Gasteiger partial charge in [-0.05, 0) is 42.3 Å². The van der Waals surface area contributed by atoms with Gasteiger partial charge in [-0.1, -0.05) is 18.2 Å². The topological polar surface area (TPSA) is 68.6 Å². The lowest BCUT2D eigenvalue weighted by Gasteiger charge is -2.34. The molecule has 27 heavy (non-hydrogen) atoms. The SMILES string of the molecule is COc1ccc(C)cc1NC(=O)N1CCN(Cc2ccc(C#N)cc2)CC1. The summed E-state index contributed by atoms with van der Waals surface area (Å²) < 4.78 is 5.33. The highest BCUT2D eigenvalue weighted by Gasteiger charge is 2.22. The van der Waals surface area contributed by atoms with E-state index in [2.05, 4.69) is 16.3 Å². The Morgan fingerprint density at radius 1 is 1.15 bits per heavy atom. The fraction of sp³-hybridized carbons (Fsp3) is 0.333. The summed E-state index contributed by atoms with van der Waals surface area (Å²) in [5, 5.41) is 11.8. The molecule has 0 aliphatic carbocycles. The van der Waals surface area contributed by atoms with Crippen LogP contribution in [0.3, 0.4) is 0 Å². The zero-order chi connectivity index (χ0) is 19.2. The number of amides is 2. The van der Waals surface area contributed by atoms with Gasteiger partial charge < -0.3 is 15.0 Å². The number of benzene rings is 2. The summed E-state index contributed by atoms with van der Waals surface area (Å²) in [5.41, 5.74) is 3.61. The molecule has 0 spiro atoms. The summed E-state index contributed by atoms with van der Waals surface area (Å²) >= 11 is 0. The third-order valence-electron chi connectivity index (χ3n) is 4.75. The summed E-state index contributed by atoms with van der Waals surface area (Å²) in [7, 11) is 1.60. The van der Waals surface area contributed by atoms with Crippen LogP contribution in [-0.4, -0.2) is 49.1 Å².